The van der Waals surface area contributed by atoms with E-state index in [1.807, 2.05) is 16.8 Å². The highest BCUT2D eigenvalue weighted by atomic mass is 32.1. The van der Waals surface area contributed by atoms with Crippen LogP contribution in [0.3, 0.4) is 0 Å². The van der Waals surface area contributed by atoms with Crippen LogP contribution in [0.15, 0.2) is 21.3 Å². The van der Waals surface area contributed by atoms with Crippen LogP contribution in [0.4, 0.5) is 0 Å². The summed E-state index contributed by atoms with van der Waals surface area (Å²) in [7, 11) is 0. The van der Waals surface area contributed by atoms with E-state index in [-0.39, 0.29) is 12.3 Å². The zero-order chi connectivity index (χ0) is 10.7. The van der Waals surface area contributed by atoms with E-state index < -0.39 is 0 Å². The normalized spacial score (nSPS) is 10.4. The van der Waals surface area contributed by atoms with E-state index in [1.165, 1.54) is 0 Å². The number of amides is 1. The molecule has 0 radical (unpaired) electrons. The Bertz CT molecular complexity index is 450. The van der Waals surface area contributed by atoms with Gasteiger partial charge in [0.05, 0.1) is 0 Å². The minimum atomic E-state index is -0.370. The van der Waals surface area contributed by atoms with E-state index in [1.54, 1.807) is 11.3 Å². The molecule has 2 rings (SSSR count). The lowest BCUT2D eigenvalue weighted by molar-refractivity contribution is -0.118. The van der Waals surface area contributed by atoms with Crippen LogP contribution in [-0.2, 0) is 11.2 Å². The van der Waals surface area contributed by atoms with Crippen molar-refractivity contribution in [1.29, 1.82) is 0 Å². The number of hydrogen-bond acceptors (Lipinski definition) is 5. The van der Waals surface area contributed by atoms with Gasteiger partial charge in [0.25, 0.3) is 0 Å². The first kappa shape index (κ1) is 9.85. The SMILES string of the molecule is NC(=O)CCc1nc(-c2ccsc2)no1. The predicted molar refractivity (Wildman–Crippen MR) is 55.1 cm³/mol. The highest BCUT2D eigenvalue weighted by molar-refractivity contribution is 7.08. The Morgan fingerprint density at radius 1 is 1.60 bits per heavy atom. The highest BCUT2D eigenvalue weighted by Crippen LogP contribution is 2.18. The fourth-order valence-electron chi connectivity index (χ4n) is 1.10. The van der Waals surface area contributed by atoms with Gasteiger partial charge < -0.3 is 10.3 Å². The van der Waals surface area contributed by atoms with Crippen molar-refractivity contribution in [1.82, 2.24) is 10.1 Å². The lowest BCUT2D eigenvalue weighted by Gasteiger charge is -1.88. The van der Waals surface area contributed by atoms with Crippen LogP contribution >= 0.6 is 11.3 Å². The Morgan fingerprint density at radius 2 is 2.47 bits per heavy atom. The number of rotatable bonds is 4. The molecule has 0 spiro atoms. The van der Waals surface area contributed by atoms with Crippen LogP contribution in [0.2, 0.25) is 0 Å². The molecule has 2 N–H and O–H groups in total. The van der Waals surface area contributed by atoms with Crippen molar-refractivity contribution in [2.24, 2.45) is 5.73 Å². The van der Waals surface area contributed by atoms with Crippen LogP contribution in [0.1, 0.15) is 12.3 Å². The summed E-state index contributed by atoms with van der Waals surface area (Å²) in [6, 6.07) is 1.91. The second-order valence-corrected chi connectivity index (χ2v) is 3.77. The van der Waals surface area contributed by atoms with Crippen molar-refractivity contribution in [3.05, 3.63) is 22.7 Å². The average molecular weight is 223 g/mol. The van der Waals surface area contributed by atoms with Crippen LogP contribution in [0.25, 0.3) is 11.4 Å². The van der Waals surface area contributed by atoms with Gasteiger partial charge in [-0.3, -0.25) is 4.79 Å². The number of nitrogens with zero attached hydrogens (tertiary/aromatic N) is 2. The van der Waals surface area contributed by atoms with Gasteiger partial charge in [-0.25, -0.2) is 0 Å². The zero-order valence-electron chi connectivity index (χ0n) is 7.84. The molecule has 0 saturated carbocycles. The Morgan fingerprint density at radius 3 is 3.13 bits per heavy atom. The van der Waals surface area contributed by atoms with Crippen molar-refractivity contribution >= 4 is 17.2 Å². The van der Waals surface area contributed by atoms with Gasteiger partial charge in [-0.1, -0.05) is 5.16 Å². The molecule has 15 heavy (non-hydrogen) atoms. The smallest absolute Gasteiger partial charge is 0.227 e. The third kappa shape index (κ3) is 2.41. The largest absolute Gasteiger partial charge is 0.370 e. The van der Waals surface area contributed by atoms with E-state index in [2.05, 4.69) is 10.1 Å². The van der Waals surface area contributed by atoms with Crippen molar-refractivity contribution in [3.8, 4) is 11.4 Å². The number of carbonyl (C=O) groups is 1. The van der Waals surface area contributed by atoms with Gasteiger partial charge >= 0.3 is 0 Å². The Hall–Kier alpha value is -1.69. The molecule has 0 aliphatic rings. The molecule has 0 aliphatic carbocycles. The first-order valence-electron chi connectivity index (χ1n) is 4.39. The predicted octanol–water partition coefficient (Wildman–Crippen LogP) is 1.22. The Balaban J connectivity index is 2.08. The molecule has 0 unspecified atom stereocenters. The van der Waals surface area contributed by atoms with Crippen molar-refractivity contribution in [2.75, 3.05) is 0 Å². The molecule has 6 heteroatoms. The molecule has 2 aromatic heterocycles. The molecular weight excluding hydrogens is 214 g/mol. The lowest BCUT2D eigenvalue weighted by Crippen LogP contribution is -2.11. The number of nitrogens with two attached hydrogens (primary N) is 1. The van der Waals surface area contributed by atoms with Crippen LogP contribution in [0, 0.1) is 0 Å². The highest BCUT2D eigenvalue weighted by Gasteiger charge is 2.09. The second-order valence-electron chi connectivity index (χ2n) is 2.99. The molecule has 0 aromatic carbocycles. The molecule has 2 aromatic rings. The average Bonchev–Trinajstić information content (AvgIpc) is 2.85. The second kappa shape index (κ2) is 4.22. The van der Waals surface area contributed by atoms with Gasteiger partial charge in [0.2, 0.25) is 17.6 Å². The molecule has 0 aliphatic heterocycles. The minimum Gasteiger partial charge on any atom is -0.370 e. The quantitative estimate of drug-likeness (QED) is 0.844. The van der Waals surface area contributed by atoms with Crippen molar-refractivity contribution < 1.29 is 9.32 Å². The summed E-state index contributed by atoms with van der Waals surface area (Å²) in [6.45, 7) is 0. The van der Waals surface area contributed by atoms with E-state index in [9.17, 15) is 4.79 Å². The van der Waals surface area contributed by atoms with Gasteiger partial charge in [0, 0.05) is 23.8 Å². The van der Waals surface area contributed by atoms with Gasteiger partial charge in [0.15, 0.2) is 0 Å². The fraction of sp³-hybridized carbons (Fsp3) is 0.222. The summed E-state index contributed by atoms with van der Waals surface area (Å²) in [5, 5.41) is 7.68. The molecule has 0 atom stereocenters. The van der Waals surface area contributed by atoms with Crippen LogP contribution in [-0.4, -0.2) is 16.0 Å². The molecule has 78 valence electrons. The van der Waals surface area contributed by atoms with Crippen LogP contribution in [0.5, 0.6) is 0 Å². The molecule has 2 heterocycles. The Kier molecular flexibility index (Phi) is 2.77. The minimum absolute atomic E-state index is 0.227. The van der Waals surface area contributed by atoms with E-state index in [0.717, 1.165) is 5.56 Å². The number of aromatic nitrogens is 2. The number of carbonyl (C=O) groups excluding carboxylic acids is 1. The van der Waals surface area contributed by atoms with Crippen molar-refractivity contribution in [3.63, 3.8) is 0 Å². The number of thiophene rings is 1. The number of primary amides is 1. The lowest BCUT2D eigenvalue weighted by atomic mass is 10.3. The molecule has 1 amide bonds. The van der Waals surface area contributed by atoms with E-state index in [4.69, 9.17) is 10.3 Å². The summed E-state index contributed by atoms with van der Waals surface area (Å²) in [6.07, 6.45) is 0.623. The van der Waals surface area contributed by atoms with E-state index >= 15 is 0 Å². The number of hydrogen-bond donors (Lipinski definition) is 1. The monoisotopic (exact) mass is 223 g/mol. The maximum Gasteiger partial charge on any atom is 0.227 e. The number of aryl methyl sites for hydroxylation is 1. The topological polar surface area (TPSA) is 82.0 Å². The Labute approximate surface area is 89.9 Å². The molecular formula is C9H9N3O2S. The van der Waals surface area contributed by atoms with Gasteiger partial charge in [0.1, 0.15) is 0 Å². The summed E-state index contributed by atoms with van der Waals surface area (Å²) in [4.78, 5) is 14.7. The fourth-order valence-corrected chi connectivity index (χ4v) is 1.73. The molecule has 5 nitrogen and oxygen atoms in total. The maximum atomic E-state index is 10.5. The van der Waals surface area contributed by atoms with Gasteiger partial charge in [-0.15, -0.1) is 0 Å². The maximum absolute atomic E-state index is 10.5. The van der Waals surface area contributed by atoms with Crippen molar-refractivity contribution in [2.45, 2.75) is 12.8 Å². The molecule has 0 saturated heterocycles. The summed E-state index contributed by atoms with van der Waals surface area (Å²) < 4.78 is 4.97. The molecule has 0 fully saturated rings. The first-order valence-corrected chi connectivity index (χ1v) is 5.33. The third-order valence-electron chi connectivity index (χ3n) is 1.83. The third-order valence-corrected chi connectivity index (χ3v) is 2.52. The zero-order valence-corrected chi connectivity index (χ0v) is 8.66. The van der Waals surface area contributed by atoms with Crippen LogP contribution < -0.4 is 5.73 Å². The van der Waals surface area contributed by atoms with Gasteiger partial charge in [-0.05, 0) is 11.4 Å². The summed E-state index contributed by atoms with van der Waals surface area (Å²) in [5.41, 5.74) is 5.94. The summed E-state index contributed by atoms with van der Waals surface area (Å²) in [5.74, 6) is 0.621. The molecule has 0 bridgehead atoms. The van der Waals surface area contributed by atoms with Gasteiger partial charge in [-0.2, -0.15) is 16.3 Å². The summed E-state index contributed by atoms with van der Waals surface area (Å²) >= 11 is 1.57. The van der Waals surface area contributed by atoms with E-state index in [0.29, 0.717) is 18.1 Å². The first-order chi connectivity index (χ1) is 7.25. The standard InChI is InChI=1S/C9H9N3O2S/c10-7(13)1-2-8-11-9(12-14-8)6-3-4-15-5-6/h3-5H,1-2H2,(H2,10,13).